The summed E-state index contributed by atoms with van der Waals surface area (Å²) in [5.74, 6) is 1.24. The summed E-state index contributed by atoms with van der Waals surface area (Å²) in [6.45, 7) is 2.14. The number of aryl methyl sites for hydroxylation is 1. The van der Waals surface area contributed by atoms with Gasteiger partial charge in [0, 0.05) is 12.8 Å². The second-order valence-corrected chi connectivity index (χ2v) is 7.48. The van der Waals surface area contributed by atoms with Gasteiger partial charge in [0.1, 0.15) is 5.78 Å². The van der Waals surface area contributed by atoms with E-state index in [-0.39, 0.29) is 0 Å². The topological polar surface area (TPSA) is 17.1 Å². The van der Waals surface area contributed by atoms with Crippen molar-refractivity contribution < 1.29 is 4.79 Å². The first-order valence-corrected chi connectivity index (χ1v) is 9.51. The number of hydrogen-bond donors (Lipinski definition) is 0. The summed E-state index contributed by atoms with van der Waals surface area (Å²) in [5.41, 5.74) is 5.68. The molecule has 0 amide bonds. The molecule has 2 aliphatic carbocycles. The van der Waals surface area contributed by atoms with Crippen molar-refractivity contribution in [1.82, 2.24) is 0 Å². The van der Waals surface area contributed by atoms with Gasteiger partial charge >= 0.3 is 0 Å². The van der Waals surface area contributed by atoms with Crippen LogP contribution in [0.3, 0.4) is 0 Å². The van der Waals surface area contributed by atoms with Gasteiger partial charge in [0.15, 0.2) is 0 Å². The van der Waals surface area contributed by atoms with E-state index in [1.54, 1.807) is 5.57 Å². The molecule has 1 nitrogen and oxygen atoms in total. The molecule has 0 saturated heterocycles. The third kappa shape index (κ3) is 4.56. The zero-order chi connectivity index (χ0) is 16.1. The summed E-state index contributed by atoms with van der Waals surface area (Å²) in [7, 11) is 0. The Kier molecular flexibility index (Phi) is 5.70. The Balaban J connectivity index is 1.54. The normalized spacial score (nSPS) is 20.5. The third-order valence-corrected chi connectivity index (χ3v) is 5.77. The van der Waals surface area contributed by atoms with Crippen molar-refractivity contribution in [3.8, 4) is 0 Å². The van der Waals surface area contributed by atoms with Crippen LogP contribution in [0.5, 0.6) is 0 Å². The highest BCUT2D eigenvalue weighted by Gasteiger charge is 2.16. The van der Waals surface area contributed by atoms with Gasteiger partial charge in [-0.1, -0.05) is 62.0 Å². The number of Topliss-reactive ketones (excluding diaryl/α,β-unsaturated/α-hetero) is 1. The van der Waals surface area contributed by atoms with Gasteiger partial charge in [-0.3, -0.25) is 4.79 Å². The van der Waals surface area contributed by atoms with Crippen molar-refractivity contribution >= 4 is 5.78 Å². The molecule has 0 atom stereocenters. The second kappa shape index (κ2) is 7.95. The first-order chi connectivity index (χ1) is 11.2. The quantitative estimate of drug-likeness (QED) is 0.648. The van der Waals surface area contributed by atoms with E-state index in [9.17, 15) is 4.79 Å². The number of ketones is 1. The van der Waals surface area contributed by atoms with Crippen LogP contribution in [0.15, 0.2) is 29.8 Å². The van der Waals surface area contributed by atoms with E-state index < -0.39 is 0 Å². The Morgan fingerprint density at radius 3 is 2.74 bits per heavy atom. The first-order valence-electron chi connectivity index (χ1n) is 9.51. The molecule has 3 rings (SSSR count). The average Bonchev–Trinajstić information content (AvgIpc) is 2.60. The summed E-state index contributed by atoms with van der Waals surface area (Å²) in [6, 6.07) is 6.72. The van der Waals surface area contributed by atoms with Crippen molar-refractivity contribution in [1.29, 1.82) is 0 Å². The maximum Gasteiger partial charge on any atom is 0.137 e. The summed E-state index contributed by atoms with van der Waals surface area (Å²) in [5, 5.41) is 0. The summed E-state index contributed by atoms with van der Waals surface area (Å²) >= 11 is 0. The minimum atomic E-state index is 0.428. The maximum atomic E-state index is 12.3. The Labute approximate surface area is 141 Å². The monoisotopic (exact) mass is 310 g/mol. The predicted molar refractivity (Wildman–Crippen MR) is 96.7 cm³/mol. The van der Waals surface area contributed by atoms with E-state index in [2.05, 4.69) is 31.2 Å². The largest absolute Gasteiger partial charge is 0.299 e. The number of fused-ring (bicyclic) bond motifs is 1. The average molecular weight is 310 g/mol. The number of carbonyl (C=O) groups is 1. The van der Waals surface area contributed by atoms with Crippen molar-refractivity contribution in [2.24, 2.45) is 5.92 Å². The molecule has 23 heavy (non-hydrogen) atoms. The van der Waals surface area contributed by atoms with Crippen LogP contribution in [0, 0.1) is 5.92 Å². The Hall–Kier alpha value is -1.37. The fourth-order valence-corrected chi connectivity index (χ4v) is 4.23. The zero-order valence-corrected chi connectivity index (χ0v) is 14.6. The van der Waals surface area contributed by atoms with E-state index in [1.807, 2.05) is 0 Å². The van der Waals surface area contributed by atoms with Crippen LogP contribution in [0.4, 0.5) is 0 Å². The van der Waals surface area contributed by atoms with Crippen molar-refractivity contribution in [3.63, 3.8) is 0 Å². The SMILES string of the molecule is C/C=C1\CCc2ccc(CC(=O)CCC3CCCCC3)cc2C1. The molecule has 124 valence electrons. The zero-order valence-electron chi connectivity index (χ0n) is 14.6. The fraction of sp³-hybridized carbons (Fsp3) is 0.591. The molecule has 0 aromatic heterocycles. The molecule has 0 aliphatic heterocycles. The van der Waals surface area contributed by atoms with Crippen LogP contribution < -0.4 is 0 Å². The molecule has 2 aliphatic rings. The van der Waals surface area contributed by atoms with Crippen LogP contribution in [0.2, 0.25) is 0 Å². The number of allylic oxidation sites excluding steroid dienone is 2. The van der Waals surface area contributed by atoms with Gasteiger partial charge < -0.3 is 0 Å². The van der Waals surface area contributed by atoms with Gasteiger partial charge in [0.25, 0.3) is 0 Å². The molecule has 0 unspecified atom stereocenters. The summed E-state index contributed by atoms with van der Waals surface area (Å²) in [4.78, 5) is 12.3. The summed E-state index contributed by atoms with van der Waals surface area (Å²) < 4.78 is 0. The van der Waals surface area contributed by atoms with E-state index in [4.69, 9.17) is 0 Å². The van der Waals surface area contributed by atoms with Gasteiger partial charge in [-0.25, -0.2) is 0 Å². The van der Waals surface area contributed by atoms with Gasteiger partial charge in [-0.05, 0) is 55.2 Å². The third-order valence-electron chi connectivity index (χ3n) is 5.77. The molecular formula is C22H30O. The number of hydrogen-bond acceptors (Lipinski definition) is 1. The minimum Gasteiger partial charge on any atom is -0.299 e. The molecule has 1 heteroatoms. The van der Waals surface area contributed by atoms with E-state index in [0.29, 0.717) is 12.2 Å². The minimum absolute atomic E-state index is 0.428. The van der Waals surface area contributed by atoms with Crippen molar-refractivity contribution in [2.75, 3.05) is 0 Å². The smallest absolute Gasteiger partial charge is 0.137 e. The Bertz CT molecular complexity index is 576. The van der Waals surface area contributed by atoms with Crippen molar-refractivity contribution in [2.45, 2.75) is 77.6 Å². The van der Waals surface area contributed by atoms with Gasteiger partial charge in [0.2, 0.25) is 0 Å². The van der Waals surface area contributed by atoms with Gasteiger partial charge in [0.05, 0.1) is 0 Å². The molecule has 0 spiro atoms. The lowest BCUT2D eigenvalue weighted by atomic mass is 9.84. The lowest BCUT2D eigenvalue weighted by molar-refractivity contribution is -0.118. The molecular weight excluding hydrogens is 280 g/mol. The van der Waals surface area contributed by atoms with Crippen LogP contribution in [-0.4, -0.2) is 5.78 Å². The molecule has 0 bridgehead atoms. The van der Waals surface area contributed by atoms with Gasteiger partial charge in [-0.15, -0.1) is 0 Å². The standard InChI is InChI=1S/C22H30O/c1-2-17-8-11-20-12-9-19(15-21(20)14-17)16-22(23)13-10-18-6-4-3-5-7-18/h2,9,12,15,18H,3-8,10-11,13-14,16H2,1H3/b17-2+. The molecule has 1 fully saturated rings. The summed E-state index contributed by atoms with van der Waals surface area (Å²) in [6.07, 6.45) is 15.0. The Morgan fingerprint density at radius 2 is 1.96 bits per heavy atom. The lowest BCUT2D eigenvalue weighted by Gasteiger charge is -2.21. The number of carbonyl (C=O) groups excluding carboxylic acids is 1. The fourth-order valence-electron chi connectivity index (χ4n) is 4.23. The maximum absolute atomic E-state index is 12.3. The van der Waals surface area contributed by atoms with Crippen LogP contribution in [0.25, 0.3) is 0 Å². The lowest BCUT2D eigenvalue weighted by Crippen LogP contribution is -2.11. The molecule has 0 N–H and O–H groups in total. The molecule has 0 heterocycles. The highest BCUT2D eigenvalue weighted by atomic mass is 16.1. The van der Waals surface area contributed by atoms with E-state index in [0.717, 1.165) is 31.6 Å². The molecule has 1 saturated carbocycles. The Morgan fingerprint density at radius 1 is 1.13 bits per heavy atom. The van der Waals surface area contributed by atoms with E-state index >= 15 is 0 Å². The van der Waals surface area contributed by atoms with Crippen LogP contribution >= 0.6 is 0 Å². The highest BCUT2D eigenvalue weighted by Crippen LogP contribution is 2.28. The molecule has 1 aromatic rings. The molecule has 1 aromatic carbocycles. The first kappa shape index (κ1) is 16.5. The number of rotatable bonds is 5. The van der Waals surface area contributed by atoms with Crippen molar-refractivity contribution in [3.05, 3.63) is 46.5 Å². The molecule has 0 radical (unpaired) electrons. The predicted octanol–water partition coefficient (Wildman–Crippen LogP) is 5.59. The highest BCUT2D eigenvalue weighted by molar-refractivity contribution is 5.80. The van der Waals surface area contributed by atoms with E-state index in [1.165, 1.54) is 55.2 Å². The van der Waals surface area contributed by atoms with Crippen LogP contribution in [-0.2, 0) is 24.1 Å². The number of benzene rings is 1. The van der Waals surface area contributed by atoms with Crippen LogP contribution in [0.1, 0.15) is 75.0 Å². The van der Waals surface area contributed by atoms with Gasteiger partial charge in [-0.2, -0.15) is 0 Å². The second-order valence-electron chi connectivity index (χ2n) is 7.48.